The van der Waals surface area contributed by atoms with Gasteiger partial charge in [0.25, 0.3) is 5.56 Å². The van der Waals surface area contributed by atoms with Crippen LogP contribution in [0.4, 0.5) is 0 Å². The Morgan fingerprint density at radius 3 is 2.62 bits per heavy atom. The average molecular weight is 381 g/mol. The first-order chi connectivity index (χ1) is 12.1. The zero-order valence-corrected chi connectivity index (χ0v) is 15.7. The summed E-state index contributed by atoms with van der Waals surface area (Å²) >= 11 is 0. The molecule has 0 atom stereocenters. The smallest absolute Gasteiger partial charge is 0.329 e. The van der Waals surface area contributed by atoms with E-state index >= 15 is 0 Å². The zero-order valence-electron chi connectivity index (χ0n) is 14.9. The highest BCUT2D eigenvalue weighted by Crippen LogP contribution is 2.13. The summed E-state index contributed by atoms with van der Waals surface area (Å²) in [7, 11) is 0. The van der Waals surface area contributed by atoms with Gasteiger partial charge in [0.05, 0.1) is 10.9 Å². The molecule has 1 fully saturated rings. The molecule has 2 heterocycles. The monoisotopic (exact) mass is 380 g/mol. The standard InChI is InChI=1S/C18H24N4O3.ClH/c1-2-11-21(13-7-9-19-10-8-13)16(23)12-22-17(24)14-5-3-4-6-15(14)20-18(22)25;/h3-6,13,19H,2,7-12H2,1H3,(H,20,25);1H. The summed E-state index contributed by atoms with van der Waals surface area (Å²) in [5, 5.41) is 3.71. The maximum atomic E-state index is 12.8. The molecule has 0 unspecified atom stereocenters. The highest BCUT2D eigenvalue weighted by atomic mass is 35.5. The Balaban J connectivity index is 0.00000243. The molecule has 26 heavy (non-hydrogen) atoms. The summed E-state index contributed by atoms with van der Waals surface area (Å²) in [6.07, 6.45) is 2.64. The Hall–Kier alpha value is -2.12. The Kier molecular flexibility index (Phi) is 6.99. The number of amides is 1. The molecule has 2 aromatic rings. The molecule has 1 amide bonds. The van der Waals surface area contributed by atoms with Crippen LogP contribution in [0.15, 0.2) is 33.9 Å². The van der Waals surface area contributed by atoms with Crippen molar-refractivity contribution in [2.24, 2.45) is 0 Å². The van der Waals surface area contributed by atoms with Crippen LogP contribution < -0.4 is 16.6 Å². The van der Waals surface area contributed by atoms with Gasteiger partial charge in [-0.2, -0.15) is 0 Å². The van der Waals surface area contributed by atoms with Crippen molar-refractivity contribution in [1.82, 2.24) is 19.8 Å². The number of rotatable bonds is 5. The van der Waals surface area contributed by atoms with Gasteiger partial charge in [-0.1, -0.05) is 19.1 Å². The summed E-state index contributed by atoms with van der Waals surface area (Å²) < 4.78 is 1.01. The van der Waals surface area contributed by atoms with Gasteiger partial charge in [0.2, 0.25) is 5.91 Å². The first kappa shape index (κ1) is 20.2. The first-order valence-electron chi connectivity index (χ1n) is 8.84. The molecule has 1 saturated heterocycles. The molecule has 1 aliphatic rings. The maximum Gasteiger partial charge on any atom is 0.329 e. The number of fused-ring (bicyclic) bond motifs is 1. The number of piperidine rings is 1. The third-order valence-corrected chi connectivity index (χ3v) is 4.72. The van der Waals surface area contributed by atoms with E-state index in [0.717, 1.165) is 36.9 Å². The highest BCUT2D eigenvalue weighted by Gasteiger charge is 2.25. The molecule has 7 nitrogen and oxygen atoms in total. The molecular weight excluding hydrogens is 356 g/mol. The van der Waals surface area contributed by atoms with E-state index in [1.807, 2.05) is 11.8 Å². The van der Waals surface area contributed by atoms with Crippen LogP contribution in [0, 0.1) is 0 Å². The second-order valence-electron chi connectivity index (χ2n) is 6.44. The van der Waals surface area contributed by atoms with Crippen molar-refractivity contribution in [2.75, 3.05) is 19.6 Å². The van der Waals surface area contributed by atoms with Crippen LogP contribution in [0.3, 0.4) is 0 Å². The SMILES string of the molecule is CCCN(C(=O)Cn1c(=O)[nH]c2ccccc2c1=O)C1CCNCC1.Cl. The number of nitrogens with one attached hydrogen (secondary N) is 2. The summed E-state index contributed by atoms with van der Waals surface area (Å²) in [4.78, 5) is 42.2. The first-order valence-corrected chi connectivity index (χ1v) is 8.84. The van der Waals surface area contributed by atoms with Gasteiger partial charge in [0.15, 0.2) is 0 Å². The fraction of sp³-hybridized carbons (Fsp3) is 0.500. The van der Waals surface area contributed by atoms with Gasteiger partial charge in [-0.3, -0.25) is 14.2 Å². The third kappa shape index (κ3) is 4.16. The lowest BCUT2D eigenvalue weighted by Crippen LogP contribution is -2.49. The number of halogens is 1. The quantitative estimate of drug-likeness (QED) is 0.813. The number of hydrogen-bond donors (Lipinski definition) is 2. The van der Waals surface area contributed by atoms with Crippen molar-refractivity contribution in [2.45, 2.75) is 38.8 Å². The van der Waals surface area contributed by atoms with Crippen LogP contribution >= 0.6 is 12.4 Å². The molecule has 0 bridgehead atoms. The molecule has 0 saturated carbocycles. The van der Waals surface area contributed by atoms with Crippen molar-refractivity contribution >= 4 is 29.2 Å². The molecular formula is C18H25ClN4O3. The number of carbonyl (C=O) groups excluding carboxylic acids is 1. The van der Waals surface area contributed by atoms with Crippen LogP contribution in [0.2, 0.25) is 0 Å². The van der Waals surface area contributed by atoms with Crippen molar-refractivity contribution in [3.63, 3.8) is 0 Å². The third-order valence-electron chi connectivity index (χ3n) is 4.72. The van der Waals surface area contributed by atoms with Crippen LogP contribution in [0.5, 0.6) is 0 Å². The maximum absolute atomic E-state index is 12.8. The van der Waals surface area contributed by atoms with Crippen LogP contribution in [0.25, 0.3) is 10.9 Å². The number of nitrogens with zero attached hydrogens (tertiary/aromatic N) is 2. The Morgan fingerprint density at radius 1 is 1.23 bits per heavy atom. The van der Waals surface area contributed by atoms with Crippen LogP contribution in [-0.4, -0.2) is 46.0 Å². The van der Waals surface area contributed by atoms with E-state index in [0.29, 0.717) is 17.4 Å². The Morgan fingerprint density at radius 2 is 1.92 bits per heavy atom. The van der Waals surface area contributed by atoms with Crippen LogP contribution in [-0.2, 0) is 11.3 Å². The summed E-state index contributed by atoms with van der Waals surface area (Å²) in [5.41, 5.74) is -0.474. The number of carbonyl (C=O) groups is 1. The van der Waals surface area contributed by atoms with Crippen molar-refractivity contribution in [3.05, 3.63) is 45.1 Å². The summed E-state index contributed by atoms with van der Waals surface area (Å²) in [6, 6.07) is 7.01. The Bertz CT molecular complexity index is 871. The number of benzene rings is 1. The fourth-order valence-electron chi connectivity index (χ4n) is 3.44. The lowest BCUT2D eigenvalue weighted by atomic mass is 10.0. The summed E-state index contributed by atoms with van der Waals surface area (Å²) in [5.74, 6) is -0.170. The zero-order chi connectivity index (χ0) is 17.8. The van der Waals surface area contributed by atoms with Gasteiger partial charge in [-0.05, 0) is 44.5 Å². The largest absolute Gasteiger partial charge is 0.338 e. The topological polar surface area (TPSA) is 87.2 Å². The molecule has 8 heteroatoms. The van der Waals surface area contributed by atoms with Crippen molar-refractivity contribution in [3.8, 4) is 0 Å². The molecule has 1 aliphatic heterocycles. The normalized spacial score (nSPS) is 14.8. The number of aromatic amines is 1. The molecule has 0 radical (unpaired) electrons. The average Bonchev–Trinajstić information content (AvgIpc) is 2.63. The molecule has 0 spiro atoms. The van der Waals surface area contributed by atoms with Gasteiger partial charge in [0.1, 0.15) is 6.54 Å². The summed E-state index contributed by atoms with van der Waals surface area (Å²) in [6.45, 7) is 4.21. The van der Waals surface area contributed by atoms with E-state index in [2.05, 4.69) is 10.3 Å². The number of para-hydroxylation sites is 1. The van der Waals surface area contributed by atoms with Gasteiger partial charge in [-0.25, -0.2) is 4.79 Å². The van der Waals surface area contributed by atoms with Gasteiger partial charge in [-0.15, -0.1) is 12.4 Å². The van der Waals surface area contributed by atoms with E-state index in [-0.39, 0.29) is 30.9 Å². The van der Waals surface area contributed by atoms with E-state index < -0.39 is 11.2 Å². The van der Waals surface area contributed by atoms with Crippen LogP contribution in [0.1, 0.15) is 26.2 Å². The fourth-order valence-corrected chi connectivity index (χ4v) is 3.44. The molecule has 0 aliphatic carbocycles. The molecule has 1 aromatic heterocycles. The number of aromatic nitrogens is 2. The van der Waals surface area contributed by atoms with Gasteiger partial charge < -0.3 is 15.2 Å². The lowest BCUT2D eigenvalue weighted by molar-refractivity contribution is -0.134. The predicted octanol–water partition coefficient (Wildman–Crippen LogP) is 1.10. The Labute approximate surface area is 157 Å². The van der Waals surface area contributed by atoms with E-state index in [1.165, 1.54) is 0 Å². The second-order valence-corrected chi connectivity index (χ2v) is 6.44. The molecule has 142 valence electrons. The van der Waals surface area contributed by atoms with E-state index in [4.69, 9.17) is 0 Å². The predicted molar refractivity (Wildman–Crippen MR) is 104 cm³/mol. The lowest BCUT2D eigenvalue weighted by Gasteiger charge is -2.34. The van der Waals surface area contributed by atoms with E-state index in [1.54, 1.807) is 24.3 Å². The molecule has 2 N–H and O–H groups in total. The number of H-pyrrole nitrogens is 1. The van der Waals surface area contributed by atoms with Crippen molar-refractivity contribution in [1.29, 1.82) is 0 Å². The molecule has 1 aromatic carbocycles. The van der Waals surface area contributed by atoms with E-state index in [9.17, 15) is 14.4 Å². The second kappa shape index (κ2) is 9.00. The minimum atomic E-state index is -0.543. The molecule has 3 rings (SSSR count). The minimum absolute atomic E-state index is 0. The number of hydrogen-bond acceptors (Lipinski definition) is 4. The van der Waals surface area contributed by atoms with Crippen molar-refractivity contribution < 1.29 is 4.79 Å². The van der Waals surface area contributed by atoms with Gasteiger partial charge in [0, 0.05) is 12.6 Å². The van der Waals surface area contributed by atoms with Gasteiger partial charge >= 0.3 is 5.69 Å². The minimum Gasteiger partial charge on any atom is -0.338 e. The highest BCUT2D eigenvalue weighted by molar-refractivity contribution is 5.85.